The molecule has 21 heavy (non-hydrogen) atoms. The van der Waals surface area contributed by atoms with Crippen molar-refractivity contribution in [1.29, 1.82) is 0 Å². The smallest absolute Gasteiger partial charge is 0.253 e. The topological polar surface area (TPSA) is 42.0 Å². The Morgan fingerprint density at radius 3 is 2.71 bits per heavy atom. The van der Waals surface area contributed by atoms with Crippen LogP contribution in [0.2, 0.25) is 10.2 Å². The number of nitrogens with zero attached hydrogens (tertiary/aromatic N) is 1. The summed E-state index contributed by atoms with van der Waals surface area (Å²) in [5, 5.41) is 3.83. The lowest BCUT2D eigenvalue weighted by molar-refractivity contribution is 0.0737. The fourth-order valence-electron chi connectivity index (χ4n) is 4.46. The molecule has 2 fully saturated rings. The fraction of sp³-hybridized carbons (Fsp3) is 0.625. The van der Waals surface area contributed by atoms with E-state index < -0.39 is 0 Å². The standard InChI is InChI=1S/C16H20Cl2N2O/c1-15(2)9-4-5-16(3,7-9)14(15)20-13(21)10-6-12(18)19-8-11(10)17/h6,8-9,14H,4-5,7H2,1-3H3,(H,20,21). The summed E-state index contributed by atoms with van der Waals surface area (Å²) in [5.41, 5.74) is 0.706. The van der Waals surface area contributed by atoms with E-state index in [1.807, 2.05) is 0 Å². The highest BCUT2D eigenvalue weighted by molar-refractivity contribution is 6.35. The first-order valence-electron chi connectivity index (χ1n) is 7.36. The summed E-state index contributed by atoms with van der Waals surface area (Å²) in [6.07, 6.45) is 5.05. The monoisotopic (exact) mass is 326 g/mol. The van der Waals surface area contributed by atoms with Crippen molar-refractivity contribution in [3.8, 4) is 0 Å². The van der Waals surface area contributed by atoms with Crippen LogP contribution < -0.4 is 5.32 Å². The maximum atomic E-state index is 12.6. The van der Waals surface area contributed by atoms with Crippen LogP contribution in [0.25, 0.3) is 0 Å². The van der Waals surface area contributed by atoms with Crippen molar-refractivity contribution in [2.24, 2.45) is 16.7 Å². The minimum Gasteiger partial charge on any atom is -0.348 e. The lowest BCUT2D eigenvalue weighted by Crippen LogP contribution is -2.52. The molecule has 0 saturated heterocycles. The van der Waals surface area contributed by atoms with Crippen molar-refractivity contribution in [2.75, 3.05) is 0 Å². The lowest BCUT2D eigenvalue weighted by atomic mass is 9.68. The second-order valence-electron chi connectivity index (χ2n) is 7.31. The van der Waals surface area contributed by atoms with Crippen LogP contribution in [0, 0.1) is 16.7 Å². The van der Waals surface area contributed by atoms with Gasteiger partial charge in [0.25, 0.3) is 5.91 Å². The van der Waals surface area contributed by atoms with Crippen LogP contribution >= 0.6 is 23.2 Å². The van der Waals surface area contributed by atoms with Gasteiger partial charge in [-0.05, 0) is 42.1 Å². The Balaban J connectivity index is 1.86. The minimum absolute atomic E-state index is 0.117. The Morgan fingerprint density at radius 2 is 2.10 bits per heavy atom. The van der Waals surface area contributed by atoms with Crippen LogP contribution in [0.4, 0.5) is 0 Å². The van der Waals surface area contributed by atoms with Crippen LogP contribution in [0.5, 0.6) is 0 Å². The van der Waals surface area contributed by atoms with E-state index in [0.717, 1.165) is 0 Å². The van der Waals surface area contributed by atoms with Crippen molar-refractivity contribution in [1.82, 2.24) is 10.3 Å². The van der Waals surface area contributed by atoms with Crippen molar-refractivity contribution >= 4 is 29.1 Å². The second kappa shape index (κ2) is 4.85. The molecule has 0 spiro atoms. The van der Waals surface area contributed by atoms with Crippen molar-refractivity contribution < 1.29 is 4.79 Å². The SMILES string of the molecule is CC12CCC(C1)C(C)(C)C2NC(=O)c1cc(Cl)ncc1Cl. The normalized spacial score (nSPS) is 33.2. The molecule has 1 aromatic rings. The molecule has 5 heteroatoms. The largest absolute Gasteiger partial charge is 0.348 e. The molecule has 114 valence electrons. The molecule has 3 atom stereocenters. The van der Waals surface area contributed by atoms with E-state index in [-0.39, 0.29) is 27.9 Å². The van der Waals surface area contributed by atoms with E-state index in [2.05, 4.69) is 31.1 Å². The molecule has 2 saturated carbocycles. The number of fused-ring (bicyclic) bond motifs is 2. The highest BCUT2D eigenvalue weighted by Gasteiger charge is 2.59. The molecule has 1 N–H and O–H groups in total. The van der Waals surface area contributed by atoms with Crippen LogP contribution in [0.1, 0.15) is 50.4 Å². The summed E-state index contributed by atoms with van der Waals surface area (Å²) in [6.45, 7) is 6.80. The quantitative estimate of drug-likeness (QED) is 0.822. The summed E-state index contributed by atoms with van der Waals surface area (Å²) in [7, 11) is 0. The number of nitrogens with one attached hydrogen (secondary N) is 1. The van der Waals surface area contributed by atoms with Crippen molar-refractivity contribution in [3.63, 3.8) is 0 Å². The van der Waals surface area contributed by atoms with Gasteiger partial charge in [-0.15, -0.1) is 0 Å². The number of aromatic nitrogens is 1. The number of hydrogen-bond acceptors (Lipinski definition) is 2. The van der Waals surface area contributed by atoms with Gasteiger partial charge in [-0.2, -0.15) is 0 Å². The maximum Gasteiger partial charge on any atom is 0.253 e. The van der Waals surface area contributed by atoms with Gasteiger partial charge >= 0.3 is 0 Å². The number of hydrogen-bond donors (Lipinski definition) is 1. The van der Waals surface area contributed by atoms with Crippen LogP contribution in [-0.2, 0) is 0 Å². The first-order valence-corrected chi connectivity index (χ1v) is 8.11. The van der Waals surface area contributed by atoms with Gasteiger partial charge in [0.05, 0.1) is 10.6 Å². The Labute approximate surface area is 135 Å². The second-order valence-corrected chi connectivity index (χ2v) is 8.10. The molecular formula is C16H20Cl2N2O. The van der Waals surface area contributed by atoms with Crippen LogP contribution in [0.3, 0.4) is 0 Å². The Bertz CT molecular complexity index is 597. The molecule has 3 nitrogen and oxygen atoms in total. The fourth-order valence-corrected chi connectivity index (χ4v) is 4.81. The highest BCUT2D eigenvalue weighted by atomic mass is 35.5. The lowest BCUT2D eigenvalue weighted by Gasteiger charge is -2.43. The predicted molar refractivity (Wildman–Crippen MR) is 84.7 cm³/mol. The molecule has 2 bridgehead atoms. The summed E-state index contributed by atoms with van der Waals surface area (Å²) >= 11 is 12.0. The molecule has 2 aliphatic carbocycles. The van der Waals surface area contributed by atoms with E-state index >= 15 is 0 Å². The number of halogens is 2. The Morgan fingerprint density at radius 1 is 1.38 bits per heavy atom. The summed E-state index contributed by atoms with van der Waals surface area (Å²) in [5.74, 6) is 0.528. The molecule has 0 aliphatic heterocycles. The third-order valence-electron chi connectivity index (χ3n) is 5.61. The maximum absolute atomic E-state index is 12.6. The number of pyridine rings is 1. The summed E-state index contributed by atoms with van der Waals surface area (Å²) in [4.78, 5) is 16.5. The highest BCUT2D eigenvalue weighted by Crippen LogP contribution is 2.62. The summed E-state index contributed by atoms with van der Waals surface area (Å²) < 4.78 is 0. The third-order valence-corrected chi connectivity index (χ3v) is 6.12. The van der Waals surface area contributed by atoms with Crippen molar-refractivity contribution in [2.45, 2.75) is 46.1 Å². The van der Waals surface area contributed by atoms with Gasteiger partial charge in [-0.25, -0.2) is 4.98 Å². The average Bonchev–Trinajstić information content (AvgIpc) is 2.88. The van der Waals surface area contributed by atoms with Crippen molar-refractivity contribution in [3.05, 3.63) is 28.0 Å². The molecule has 3 unspecified atom stereocenters. The number of carbonyl (C=O) groups excluding carboxylic acids is 1. The Kier molecular flexibility index (Phi) is 3.49. The first kappa shape index (κ1) is 15.1. The number of carbonyl (C=O) groups is 1. The minimum atomic E-state index is -0.156. The van der Waals surface area contributed by atoms with Gasteiger partial charge < -0.3 is 5.32 Å². The molecule has 0 radical (unpaired) electrons. The van der Waals surface area contributed by atoms with Crippen LogP contribution in [0.15, 0.2) is 12.3 Å². The molecule has 3 rings (SSSR count). The zero-order valence-electron chi connectivity index (χ0n) is 12.5. The van der Waals surface area contributed by atoms with E-state index in [1.165, 1.54) is 31.5 Å². The molecule has 1 amide bonds. The Hall–Kier alpha value is -0.800. The predicted octanol–water partition coefficient (Wildman–Crippen LogP) is 4.33. The summed E-state index contributed by atoms with van der Waals surface area (Å²) in [6, 6.07) is 1.70. The molecule has 0 aromatic carbocycles. The number of amides is 1. The van der Waals surface area contributed by atoms with Gasteiger partial charge in [0, 0.05) is 12.2 Å². The van der Waals surface area contributed by atoms with Crippen LogP contribution in [-0.4, -0.2) is 16.9 Å². The van der Waals surface area contributed by atoms with E-state index in [9.17, 15) is 4.79 Å². The number of rotatable bonds is 2. The molecular weight excluding hydrogens is 307 g/mol. The van der Waals surface area contributed by atoms with Gasteiger partial charge in [0.2, 0.25) is 0 Å². The molecule has 1 aromatic heterocycles. The van der Waals surface area contributed by atoms with Gasteiger partial charge in [0.15, 0.2) is 0 Å². The zero-order chi connectivity index (χ0) is 15.4. The van der Waals surface area contributed by atoms with Gasteiger partial charge in [0.1, 0.15) is 5.15 Å². The van der Waals surface area contributed by atoms with E-state index in [4.69, 9.17) is 23.2 Å². The zero-order valence-corrected chi connectivity index (χ0v) is 14.1. The third kappa shape index (κ3) is 2.35. The first-order chi connectivity index (χ1) is 9.74. The molecule has 2 aliphatic rings. The van der Waals surface area contributed by atoms with Gasteiger partial charge in [-0.1, -0.05) is 44.0 Å². The average molecular weight is 327 g/mol. The van der Waals surface area contributed by atoms with E-state index in [0.29, 0.717) is 16.5 Å². The van der Waals surface area contributed by atoms with Gasteiger partial charge in [-0.3, -0.25) is 4.79 Å². The van der Waals surface area contributed by atoms with E-state index in [1.54, 1.807) is 0 Å². The molecule has 1 heterocycles.